The fourth-order valence-electron chi connectivity index (χ4n) is 2.55. The molecule has 3 nitrogen and oxygen atoms in total. The fraction of sp³-hybridized carbons (Fsp3) is 0.667. The first kappa shape index (κ1) is 24.8. The van der Waals surface area contributed by atoms with Gasteiger partial charge in [-0.1, -0.05) is 53.7 Å². The first-order chi connectivity index (χ1) is 9.50. The molecule has 136 valence electrons. The van der Waals surface area contributed by atoms with Crippen LogP contribution in [-0.4, -0.2) is 18.2 Å². The third-order valence-corrected chi connectivity index (χ3v) is 3.98. The number of hydrogen-bond acceptors (Lipinski definition) is 3. The zero-order chi connectivity index (χ0) is 16.4. The second-order valence-corrected chi connectivity index (χ2v) is 8.08. The average molecular weight is 365 g/mol. The summed E-state index contributed by atoms with van der Waals surface area (Å²) in [5.74, 6) is 0.714. The van der Waals surface area contributed by atoms with Crippen LogP contribution in [0.1, 0.15) is 58.2 Å². The molecule has 1 rings (SSSR count). The van der Waals surface area contributed by atoms with Gasteiger partial charge in [0.25, 0.3) is 0 Å². The highest BCUT2D eigenvalue weighted by Crippen LogP contribution is 2.40. The van der Waals surface area contributed by atoms with Crippen molar-refractivity contribution < 1.29 is 5.11 Å². The molecule has 5 heteroatoms. The van der Waals surface area contributed by atoms with Gasteiger partial charge in [0.15, 0.2) is 0 Å². The van der Waals surface area contributed by atoms with Crippen molar-refractivity contribution in [1.29, 1.82) is 0 Å². The van der Waals surface area contributed by atoms with Gasteiger partial charge in [0.05, 0.1) is 0 Å². The number of halogens is 2. The van der Waals surface area contributed by atoms with Crippen LogP contribution >= 0.6 is 24.8 Å². The summed E-state index contributed by atoms with van der Waals surface area (Å²) >= 11 is 0. The first-order valence-electron chi connectivity index (χ1n) is 7.77. The summed E-state index contributed by atoms with van der Waals surface area (Å²) in [5, 5.41) is 10.7. The van der Waals surface area contributed by atoms with Gasteiger partial charge in [0, 0.05) is 0 Å². The van der Waals surface area contributed by atoms with E-state index in [-0.39, 0.29) is 41.6 Å². The van der Waals surface area contributed by atoms with Crippen molar-refractivity contribution in [2.75, 3.05) is 13.1 Å². The van der Waals surface area contributed by atoms with Crippen molar-refractivity contribution in [3.05, 3.63) is 28.8 Å². The van der Waals surface area contributed by atoms with Gasteiger partial charge in [-0.3, -0.25) is 0 Å². The second kappa shape index (κ2) is 9.12. The third-order valence-electron chi connectivity index (χ3n) is 3.98. The van der Waals surface area contributed by atoms with E-state index in [2.05, 4.69) is 53.7 Å². The molecule has 0 saturated carbocycles. The first-order valence-corrected chi connectivity index (χ1v) is 7.77. The van der Waals surface area contributed by atoms with Crippen LogP contribution in [0, 0.1) is 5.92 Å². The van der Waals surface area contributed by atoms with Crippen molar-refractivity contribution in [1.82, 2.24) is 0 Å². The fourth-order valence-corrected chi connectivity index (χ4v) is 2.55. The van der Waals surface area contributed by atoms with E-state index >= 15 is 0 Å². The smallest absolute Gasteiger partial charge is 0.123 e. The number of nitrogens with two attached hydrogens (primary N) is 2. The maximum absolute atomic E-state index is 10.7. The molecule has 0 spiro atoms. The lowest BCUT2D eigenvalue weighted by molar-refractivity contribution is 0.422. The van der Waals surface area contributed by atoms with Gasteiger partial charge in [0.1, 0.15) is 5.75 Å². The third kappa shape index (κ3) is 6.50. The summed E-state index contributed by atoms with van der Waals surface area (Å²) < 4.78 is 0. The van der Waals surface area contributed by atoms with Gasteiger partial charge >= 0.3 is 0 Å². The lowest BCUT2D eigenvalue weighted by Crippen LogP contribution is -2.26. The minimum atomic E-state index is -0.0962. The molecule has 1 aromatic carbocycles. The van der Waals surface area contributed by atoms with Gasteiger partial charge in [0.2, 0.25) is 0 Å². The van der Waals surface area contributed by atoms with E-state index in [1.54, 1.807) is 0 Å². The summed E-state index contributed by atoms with van der Waals surface area (Å²) in [6.07, 6.45) is 0.861. The second-order valence-electron chi connectivity index (χ2n) is 8.08. The normalized spacial score (nSPS) is 11.9. The molecule has 0 unspecified atom stereocenters. The Morgan fingerprint density at radius 1 is 0.870 bits per heavy atom. The summed E-state index contributed by atoms with van der Waals surface area (Å²) in [7, 11) is 0. The van der Waals surface area contributed by atoms with E-state index in [9.17, 15) is 5.11 Å². The van der Waals surface area contributed by atoms with Crippen molar-refractivity contribution in [2.24, 2.45) is 17.4 Å². The lowest BCUT2D eigenvalue weighted by atomic mass is 9.77. The van der Waals surface area contributed by atoms with Crippen LogP contribution in [0.5, 0.6) is 5.75 Å². The molecule has 0 aliphatic carbocycles. The zero-order valence-corrected chi connectivity index (χ0v) is 16.9. The Hall–Kier alpha value is -0.480. The highest BCUT2D eigenvalue weighted by atomic mass is 35.5. The van der Waals surface area contributed by atoms with Crippen LogP contribution in [0.15, 0.2) is 12.1 Å². The Kier molecular flexibility index (Phi) is 9.82. The number of aromatic hydroxyl groups is 1. The maximum Gasteiger partial charge on any atom is 0.123 e. The molecule has 0 saturated heterocycles. The summed E-state index contributed by atoms with van der Waals surface area (Å²) in [6, 6.07) is 4.23. The zero-order valence-electron chi connectivity index (χ0n) is 15.3. The predicted molar refractivity (Wildman–Crippen MR) is 105 cm³/mol. The van der Waals surface area contributed by atoms with E-state index in [1.807, 2.05) is 0 Å². The quantitative estimate of drug-likeness (QED) is 0.758. The van der Waals surface area contributed by atoms with Gasteiger partial charge in [-0.25, -0.2) is 0 Å². The average Bonchev–Trinajstić information content (AvgIpc) is 2.34. The van der Waals surface area contributed by atoms with Crippen LogP contribution in [0.3, 0.4) is 0 Å². The molecule has 0 amide bonds. The van der Waals surface area contributed by atoms with E-state index in [1.165, 1.54) is 5.56 Å². The molecule has 5 N–H and O–H groups in total. The Balaban J connectivity index is 0. The Morgan fingerprint density at radius 3 is 1.48 bits per heavy atom. The highest BCUT2D eigenvalue weighted by molar-refractivity contribution is 5.85. The van der Waals surface area contributed by atoms with Crippen LogP contribution in [0.2, 0.25) is 0 Å². The molecule has 0 heterocycles. The van der Waals surface area contributed by atoms with E-state index in [0.717, 1.165) is 17.5 Å². The summed E-state index contributed by atoms with van der Waals surface area (Å²) in [5.41, 5.74) is 14.6. The van der Waals surface area contributed by atoms with Crippen LogP contribution in [0.25, 0.3) is 0 Å². The van der Waals surface area contributed by atoms with Crippen molar-refractivity contribution >= 4 is 24.8 Å². The van der Waals surface area contributed by atoms with E-state index in [0.29, 0.717) is 18.8 Å². The van der Waals surface area contributed by atoms with Crippen LogP contribution in [0.4, 0.5) is 0 Å². The molecular weight excluding hydrogens is 331 g/mol. The van der Waals surface area contributed by atoms with Crippen molar-refractivity contribution in [3.8, 4) is 5.75 Å². The topological polar surface area (TPSA) is 72.3 Å². The summed E-state index contributed by atoms with van der Waals surface area (Å²) in [6.45, 7) is 13.9. The molecule has 0 aliphatic rings. The Bertz CT molecular complexity index is 452. The monoisotopic (exact) mass is 364 g/mol. The number of phenols is 1. The molecule has 0 fully saturated rings. The molecular formula is C18H34Cl2N2O. The minimum absolute atomic E-state index is 0. The molecule has 23 heavy (non-hydrogen) atoms. The van der Waals surface area contributed by atoms with Gasteiger partial charge in [-0.05, 0) is 52.9 Å². The predicted octanol–water partition coefficient (Wildman–Crippen LogP) is 3.91. The van der Waals surface area contributed by atoms with Crippen LogP contribution < -0.4 is 11.5 Å². The minimum Gasteiger partial charge on any atom is -0.507 e. The molecule has 0 atom stereocenters. The Morgan fingerprint density at radius 2 is 1.22 bits per heavy atom. The van der Waals surface area contributed by atoms with Gasteiger partial charge in [-0.2, -0.15) is 0 Å². The SMILES string of the molecule is CC(C)(C)c1cc(CC(CN)CN)cc(C(C)(C)C)c1O.Cl.Cl. The van der Waals surface area contributed by atoms with Gasteiger partial charge in [-0.15, -0.1) is 24.8 Å². The standard InChI is InChI=1S/C18H32N2O.2ClH/c1-17(2,3)14-8-12(7-13(10-19)11-20)9-15(16(14)21)18(4,5)6;;/h8-9,13,21H,7,10-11,19-20H2,1-6H3;2*1H. The van der Waals surface area contributed by atoms with Crippen LogP contribution in [-0.2, 0) is 17.3 Å². The lowest BCUT2D eigenvalue weighted by Gasteiger charge is -2.28. The highest BCUT2D eigenvalue weighted by Gasteiger charge is 2.26. The van der Waals surface area contributed by atoms with Crippen molar-refractivity contribution in [3.63, 3.8) is 0 Å². The molecule has 0 aromatic heterocycles. The number of benzene rings is 1. The summed E-state index contributed by atoms with van der Waals surface area (Å²) in [4.78, 5) is 0. The molecule has 0 bridgehead atoms. The number of hydrogen-bond donors (Lipinski definition) is 3. The molecule has 1 aromatic rings. The molecule has 0 aliphatic heterocycles. The largest absolute Gasteiger partial charge is 0.507 e. The number of phenolic OH excluding ortho intramolecular Hbond substituents is 1. The van der Waals surface area contributed by atoms with Crippen molar-refractivity contribution in [2.45, 2.75) is 58.8 Å². The van der Waals surface area contributed by atoms with Gasteiger partial charge < -0.3 is 16.6 Å². The molecule has 0 radical (unpaired) electrons. The Labute approximate surface area is 154 Å². The van der Waals surface area contributed by atoms with E-state index < -0.39 is 0 Å². The number of rotatable bonds is 4. The maximum atomic E-state index is 10.7. The van der Waals surface area contributed by atoms with E-state index in [4.69, 9.17) is 11.5 Å².